The summed E-state index contributed by atoms with van der Waals surface area (Å²) in [5.74, 6) is -0.422. The predicted octanol–water partition coefficient (Wildman–Crippen LogP) is 3.40. The maximum atomic E-state index is 13.1. The Hall–Kier alpha value is -4.07. The lowest BCUT2D eigenvalue weighted by molar-refractivity contribution is -0.154. The van der Waals surface area contributed by atoms with Crippen molar-refractivity contribution in [3.8, 4) is 5.75 Å². The van der Waals surface area contributed by atoms with Crippen LogP contribution in [-0.2, 0) is 27.3 Å². The second-order valence-corrected chi connectivity index (χ2v) is 8.48. The number of aromatic amines is 1. The van der Waals surface area contributed by atoms with Gasteiger partial charge in [-0.25, -0.2) is 9.59 Å². The molecule has 0 fully saturated rings. The number of aromatic nitrogens is 1. The first-order valence-corrected chi connectivity index (χ1v) is 11.0. The third-order valence-corrected chi connectivity index (χ3v) is 6.59. The number of nitrogens with zero attached hydrogens (tertiary/aromatic N) is 1. The van der Waals surface area contributed by atoms with E-state index in [9.17, 15) is 14.4 Å². The molecule has 1 aliphatic heterocycles. The first kappa shape index (κ1) is 21.8. The first-order chi connectivity index (χ1) is 16.4. The second-order valence-electron chi connectivity index (χ2n) is 8.48. The van der Waals surface area contributed by atoms with Crippen molar-refractivity contribution in [2.24, 2.45) is 0 Å². The minimum atomic E-state index is -0.743. The molecule has 1 amide bonds. The Morgan fingerprint density at radius 2 is 1.91 bits per heavy atom. The number of para-hydroxylation sites is 1. The van der Waals surface area contributed by atoms with Gasteiger partial charge in [-0.15, -0.1) is 0 Å². The summed E-state index contributed by atoms with van der Waals surface area (Å²) in [6.07, 6.45) is 0.359. The van der Waals surface area contributed by atoms with Crippen LogP contribution in [0.25, 0.3) is 21.9 Å². The normalized spacial score (nSPS) is 15.4. The molecule has 1 atom stereocenters. The molecule has 1 aliphatic rings. The standard InChI is InChI=1S/C26H24N2O6/c1-14-15(2)25(30)34-23-10-16(8-9-17(14)23)33-13-24(29)28-12-21-19(11-22(28)26(31)32-3)18-6-4-5-7-20(18)27-21/h4-10,22,27H,11-13H2,1-3H3. The summed E-state index contributed by atoms with van der Waals surface area (Å²) in [4.78, 5) is 42.6. The van der Waals surface area contributed by atoms with Crippen LogP contribution in [0.3, 0.4) is 0 Å². The average Bonchev–Trinajstić information content (AvgIpc) is 3.22. The Labute approximate surface area is 195 Å². The number of carbonyl (C=O) groups excluding carboxylic acids is 2. The van der Waals surface area contributed by atoms with Crippen LogP contribution >= 0.6 is 0 Å². The summed E-state index contributed by atoms with van der Waals surface area (Å²) in [6, 6.07) is 12.2. The molecular formula is C26H24N2O6. The number of amides is 1. The number of nitrogens with one attached hydrogen (secondary N) is 1. The lowest BCUT2D eigenvalue weighted by atomic mass is 9.96. The largest absolute Gasteiger partial charge is 0.484 e. The molecule has 1 N–H and O–H groups in total. The van der Waals surface area contributed by atoms with E-state index in [2.05, 4.69) is 4.98 Å². The van der Waals surface area contributed by atoms with E-state index in [4.69, 9.17) is 13.9 Å². The molecule has 1 unspecified atom stereocenters. The molecule has 2 aromatic heterocycles. The number of hydrogen-bond acceptors (Lipinski definition) is 6. The molecular weight excluding hydrogens is 436 g/mol. The molecule has 0 radical (unpaired) electrons. The van der Waals surface area contributed by atoms with Gasteiger partial charge in [-0.05, 0) is 43.2 Å². The van der Waals surface area contributed by atoms with Crippen molar-refractivity contribution < 1.29 is 23.5 Å². The maximum Gasteiger partial charge on any atom is 0.339 e. The zero-order valence-corrected chi connectivity index (χ0v) is 19.1. The highest BCUT2D eigenvalue weighted by molar-refractivity contribution is 5.90. The number of ether oxygens (including phenoxy) is 2. The van der Waals surface area contributed by atoms with Crippen LogP contribution in [0.2, 0.25) is 0 Å². The highest BCUT2D eigenvalue weighted by atomic mass is 16.5. The summed E-state index contributed by atoms with van der Waals surface area (Å²) in [7, 11) is 1.32. The summed E-state index contributed by atoms with van der Waals surface area (Å²) in [5.41, 5.74) is 4.28. The number of H-pyrrole nitrogens is 1. The van der Waals surface area contributed by atoms with Gasteiger partial charge in [0.1, 0.15) is 17.4 Å². The number of aryl methyl sites for hydroxylation is 1. The molecule has 34 heavy (non-hydrogen) atoms. The fourth-order valence-corrected chi connectivity index (χ4v) is 4.56. The van der Waals surface area contributed by atoms with E-state index < -0.39 is 17.6 Å². The first-order valence-electron chi connectivity index (χ1n) is 11.0. The molecule has 174 valence electrons. The average molecular weight is 460 g/mol. The van der Waals surface area contributed by atoms with Gasteiger partial charge in [-0.2, -0.15) is 0 Å². The molecule has 0 saturated heterocycles. The van der Waals surface area contributed by atoms with E-state index >= 15 is 0 Å². The van der Waals surface area contributed by atoms with Gasteiger partial charge in [-0.3, -0.25) is 4.79 Å². The van der Waals surface area contributed by atoms with Crippen LogP contribution in [0.5, 0.6) is 5.75 Å². The lowest BCUT2D eigenvalue weighted by Gasteiger charge is -2.33. The van der Waals surface area contributed by atoms with Crippen LogP contribution in [0.15, 0.2) is 51.7 Å². The molecule has 0 saturated carbocycles. The van der Waals surface area contributed by atoms with Crippen molar-refractivity contribution in [1.29, 1.82) is 0 Å². The Bertz CT molecular complexity index is 1500. The number of rotatable bonds is 4. The van der Waals surface area contributed by atoms with Crippen molar-refractivity contribution in [2.75, 3.05) is 13.7 Å². The van der Waals surface area contributed by atoms with Gasteiger partial charge in [-0.1, -0.05) is 18.2 Å². The smallest absolute Gasteiger partial charge is 0.339 e. The lowest BCUT2D eigenvalue weighted by Crippen LogP contribution is -2.50. The van der Waals surface area contributed by atoms with Gasteiger partial charge in [0.15, 0.2) is 6.61 Å². The van der Waals surface area contributed by atoms with Crippen molar-refractivity contribution in [3.05, 3.63) is 75.3 Å². The molecule has 3 heterocycles. The summed E-state index contributed by atoms with van der Waals surface area (Å²) < 4.78 is 16.1. The van der Waals surface area contributed by atoms with Crippen LogP contribution in [-0.4, -0.2) is 41.5 Å². The van der Waals surface area contributed by atoms with Gasteiger partial charge < -0.3 is 23.8 Å². The van der Waals surface area contributed by atoms with E-state index in [1.807, 2.05) is 31.2 Å². The third kappa shape index (κ3) is 3.61. The number of hydrogen-bond donors (Lipinski definition) is 1. The topological polar surface area (TPSA) is 102 Å². The molecule has 0 bridgehead atoms. The quantitative estimate of drug-likeness (QED) is 0.370. The Kier molecular flexibility index (Phi) is 5.36. The minimum Gasteiger partial charge on any atom is -0.484 e. The molecule has 4 aromatic rings. The second kappa shape index (κ2) is 8.37. The number of benzene rings is 2. The highest BCUT2D eigenvalue weighted by Crippen LogP contribution is 2.31. The Balaban J connectivity index is 1.39. The van der Waals surface area contributed by atoms with Crippen molar-refractivity contribution in [2.45, 2.75) is 32.9 Å². The number of esters is 1. The fourth-order valence-electron chi connectivity index (χ4n) is 4.56. The van der Waals surface area contributed by atoms with Crippen LogP contribution in [0, 0.1) is 13.8 Å². The third-order valence-electron chi connectivity index (χ3n) is 6.59. The fraction of sp³-hybridized carbons (Fsp3) is 0.269. The molecule has 0 aliphatic carbocycles. The van der Waals surface area contributed by atoms with E-state index in [1.54, 1.807) is 25.1 Å². The molecule has 2 aromatic carbocycles. The van der Waals surface area contributed by atoms with Gasteiger partial charge >= 0.3 is 11.6 Å². The Morgan fingerprint density at radius 1 is 1.12 bits per heavy atom. The van der Waals surface area contributed by atoms with Crippen molar-refractivity contribution >= 4 is 33.7 Å². The summed E-state index contributed by atoms with van der Waals surface area (Å²) in [6.45, 7) is 3.56. The number of fused-ring (bicyclic) bond motifs is 4. The van der Waals surface area contributed by atoms with E-state index in [0.717, 1.165) is 33.1 Å². The zero-order valence-electron chi connectivity index (χ0n) is 19.1. The van der Waals surface area contributed by atoms with Crippen LogP contribution < -0.4 is 10.4 Å². The van der Waals surface area contributed by atoms with Gasteiger partial charge in [0.25, 0.3) is 5.91 Å². The van der Waals surface area contributed by atoms with E-state index in [1.165, 1.54) is 12.0 Å². The number of methoxy groups -OCH3 is 1. The zero-order chi connectivity index (χ0) is 24.0. The monoisotopic (exact) mass is 460 g/mol. The van der Waals surface area contributed by atoms with Crippen molar-refractivity contribution in [1.82, 2.24) is 9.88 Å². The van der Waals surface area contributed by atoms with Gasteiger partial charge in [0, 0.05) is 40.0 Å². The maximum absolute atomic E-state index is 13.1. The SMILES string of the molecule is COC(=O)C1Cc2c([nH]c3ccccc23)CN1C(=O)COc1ccc2c(C)c(C)c(=O)oc2c1. The Morgan fingerprint density at radius 3 is 2.71 bits per heavy atom. The van der Waals surface area contributed by atoms with Crippen LogP contribution in [0.1, 0.15) is 22.4 Å². The molecule has 8 nitrogen and oxygen atoms in total. The molecule has 5 rings (SSSR count). The van der Waals surface area contributed by atoms with E-state index in [0.29, 0.717) is 23.3 Å². The van der Waals surface area contributed by atoms with Crippen LogP contribution in [0.4, 0.5) is 0 Å². The van der Waals surface area contributed by atoms with Gasteiger partial charge in [0.05, 0.1) is 13.7 Å². The van der Waals surface area contributed by atoms with Crippen molar-refractivity contribution in [3.63, 3.8) is 0 Å². The summed E-state index contributed by atoms with van der Waals surface area (Å²) in [5, 5.41) is 1.85. The highest BCUT2D eigenvalue weighted by Gasteiger charge is 2.37. The minimum absolute atomic E-state index is 0.247. The molecule has 0 spiro atoms. The molecule has 8 heteroatoms. The summed E-state index contributed by atoms with van der Waals surface area (Å²) >= 11 is 0. The predicted molar refractivity (Wildman–Crippen MR) is 126 cm³/mol. The van der Waals surface area contributed by atoms with E-state index in [-0.39, 0.29) is 19.1 Å². The van der Waals surface area contributed by atoms with Gasteiger partial charge in [0.2, 0.25) is 0 Å². The number of carbonyl (C=O) groups is 2.